The van der Waals surface area contributed by atoms with Crippen LogP contribution in [0.15, 0.2) is 48.3 Å². The molecule has 1 unspecified atom stereocenters. The normalized spacial score (nSPS) is 21.0. The number of hydrogen-bond acceptors (Lipinski definition) is 3. The Kier molecular flexibility index (Phi) is 4.61. The van der Waals surface area contributed by atoms with E-state index >= 15 is 0 Å². The van der Waals surface area contributed by atoms with E-state index in [1.165, 1.54) is 12.8 Å². The van der Waals surface area contributed by atoms with Crippen LogP contribution in [0.3, 0.4) is 0 Å². The zero-order valence-electron chi connectivity index (χ0n) is 12.3. The lowest BCUT2D eigenvalue weighted by Gasteiger charge is -2.19. The summed E-state index contributed by atoms with van der Waals surface area (Å²) in [5.74, 6) is 2.55. The van der Waals surface area contributed by atoms with E-state index in [4.69, 9.17) is 14.2 Å². The Morgan fingerprint density at radius 2 is 1.95 bits per heavy atom. The second-order valence-electron chi connectivity index (χ2n) is 5.50. The second-order valence-corrected chi connectivity index (χ2v) is 5.50. The average molecular weight is 285 g/mol. The van der Waals surface area contributed by atoms with Crippen LogP contribution in [0.1, 0.15) is 18.4 Å². The first-order valence-electron chi connectivity index (χ1n) is 7.44. The molecule has 1 aromatic rings. The zero-order valence-corrected chi connectivity index (χ0v) is 12.3. The smallest absolute Gasteiger partial charge is 0.118 e. The maximum absolute atomic E-state index is 5.89. The van der Waals surface area contributed by atoms with Crippen LogP contribution in [0.25, 0.3) is 0 Å². The van der Waals surface area contributed by atoms with Crippen LogP contribution in [-0.4, -0.2) is 19.8 Å². The summed E-state index contributed by atoms with van der Waals surface area (Å²) in [7, 11) is 1.67. The SMILES string of the molecule is COc1ccc(COC2[CH]C(OCC3CC3)=CC=C2)cc1. The molecule has 2 aliphatic rings. The van der Waals surface area contributed by atoms with Gasteiger partial charge in [0.1, 0.15) is 11.5 Å². The van der Waals surface area contributed by atoms with Crippen molar-refractivity contribution < 1.29 is 14.2 Å². The standard InChI is InChI=1S/C18H21O3/c1-19-16-9-7-15(8-10-16)13-21-18-4-2-3-17(11-18)20-12-14-5-6-14/h2-4,7-11,14,18H,5-6,12-13H2,1H3. The molecular weight excluding hydrogens is 264 g/mol. The van der Waals surface area contributed by atoms with Crippen LogP contribution in [0.4, 0.5) is 0 Å². The molecular formula is C18H21O3. The molecule has 21 heavy (non-hydrogen) atoms. The fourth-order valence-corrected chi connectivity index (χ4v) is 2.15. The third-order valence-electron chi connectivity index (χ3n) is 3.67. The summed E-state index contributed by atoms with van der Waals surface area (Å²) in [5.41, 5.74) is 1.13. The molecule has 1 atom stereocenters. The molecule has 111 valence electrons. The second kappa shape index (κ2) is 6.81. The van der Waals surface area contributed by atoms with Crippen molar-refractivity contribution in [2.75, 3.05) is 13.7 Å². The Morgan fingerprint density at radius 3 is 2.67 bits per heavy atom. The fraction of sp³-hybridized carbons (Fsp3) is 0.389. The molecule has 1 fully saturated rings. The highest BCUT2D eigenvalue weighted by atomic mass is 16.5. The number of ether oxygens (including phenoxy) is 3. The molecule has 1 aromatic carbocycles. The number of methoxy groups -OCH3 is 1. The van der Waals surface area contributed by atoms with Gasteiger partial charge in [-0.15, -0.1) is 0 Å². The van der Waals surface area contributed by atoms with Gasteiger partial charge in [0, 0.05) is 0 Å². The first kappa shape index (κ1) is 14.2. The Bertz CT molecular complexity index is 512. The van der Waals surface area contributed by atoms with Crippen molar-refractivity contribution in [3.05, 3.63) is 60.2 Å². The van der Waals surface area contributed by atoms with Gasteiger partial charge in [-0.25, -0.2) is 0 Å². The van der Waals surface area contributed by atoms with Gasteiger partial charge in [-0.2, -0.15) is 0 Å². The highest BCUT2D eigenvalue weighted by Crippen LogP contribution is 2.30. The Labute approximate surface area is 126 Å². The van der Waals surface area contributed by atoms with E-state index in [1.54, 1.807) is 7.11 Å². The molecule has 3 heteroatoms. The lowest BCUT2D eigenvalue weighted by Crippen LogP contribution is -2.15. The van der Waals surface area contributed by atoms with Gasteiger partial charge < -0.3 is 14.2 Å². The number of benzene rings is 1. The molecule has 0 bridgehead atoms. The first-order chi connectivity index (χ1) is 10.3. The van der Waals surface area contributed by atoms with Gasteiger partial charge in [0.05, 0.1) is 32.8 Å². The third-order valence-corrected chi connectivity index (χ3v) is 3.67. The van der Waals surface area contributed by atoms with Gasteiger partial charge in [0.2, 0.25) is 0 Å². The maximum atomic E-state index is 5.89. The van der Waals surface area contributed by atoms with Crippen LogP contribution < -0.4 is 4.74 Å². The van der Waals surface area contributed by atoms with Crippen LogP contribution in [0.5, 0.6) is 5.75 Å². The molecule has 0 amide bonds. The van der Waals surface area contributed by atoms with Crippen molar-refractivity contribution in [2.24, 2.45) is 5.92 Å². The van der Waals surface area contributed by atoms with E-state index in [1.807, 2.05) is 48.9 Å². The molecule has 0 saturated heterocycles. The van der Waals surface area contributed by atoms with Crippen molar-refractivity contribution in [1.82, 2.24) is 0 Å². The summed E-state index contributed by atoms with van der Waals surface area (Å²) in [4.78, 5) is 0. The minimum Gasteiger partial charge on any atom is -0.497 e. The molecule has 3 rings (SSSR count). The summed E-state index contributed by atoms with van der Waals surface area (Å²) in [6.07, 6.45) is 10.7. The molecule has 1 radical (unpaired) electrons. The summed E-state index contributed by atoms with van der Waals surface area (Å²) >= 11 is 0. The minimum atomic E-state index is -0.0219. The van der Waals surface area contributed by atoms with Crippen molar-refractivity contribution >= 4 is 0 Å². The third kappa shape index (κ3) is 4.36. The van der Waals surface area contributed by atoms with Crippen molar-refractivity contribution in [3.63, 3.8) is 0 Å². The van der Waals surface area contributed by atoms with Crippen LogP contribution in [0, 0.1) is 12.3 Å². The van der Waals surface area contributed by atoms with Gasteiger partial charge >= 0.3 is 0 Å². The lowest BCUT2D eigenvalue weighted by molar-refractivity contribution is 0.0830. The van der Waals surface area contributed by atoms with E-state index in [-0.39, 0.29) is 6.10 Å². The minimum absolute atomic E-state index is 0.0219. The lowest BCUT2D eigenvalue weighted by atomic mass is 10.1. The summed E-state index contributed by atoms with van der Waals surface area (Å²) < 4.78 is 16.8. The highest BCUT2D eigenvalue weighted by molar-refractivity contribution is 5.28. The summed E-state index contributed by atoms with van der Waals surface area (Å²) in [6, 6.07) is 7.93. The van der Waals surface area contributed by atoms with Gasteiger partial charge in [0.15, 0.2) is 0 Å². The molecule has 0 aliphatic heterocycles. The Balaban J connectivity index is 1.44. The van der Waals surface area contributed by atoms with E-state index in [2.05, 4.69) is 0 Å². The topological polar surface area (TPSA) is 27.7 Å². The van der Waals surface area contributed by atoms with Gasteiger partial charge in [0.25, 0.3) is 0 Å². The highest BCUT2D eigenvalue weighted by Gasteiger charge is 2.23. The number of allylic oxidation sites excluding steroid dienone is 2. The fourth-order valence-electron chi connectivity index (χ4n) is 2.15. The first-order valence-corrected chi connectivity index (χ1v) is 7.44. The van der Waals surface area contributed by atoms with Crippen LogP contribution in [0.2, 0.25) is 0 Å². The Hall–Kier alpha value is -1.74. The average Bonchev–Trinajstić information content (AvgIpc) is 3.36. The van der Waals surface area contributed by atoms with Gasteiger partial charge in [-0.1, -0.05) is 24.3 Å². The number of hydrogen-bond donors (Lipinski definition) is 0. The molecule has 3 nitrogen and oxygen atoms in total. The molecule has 0 aromatic heterocycles. The molecule has 2 aliphatic carbocycles. The van der Waals surface area contributed by atoms with Crippen LogP contribution >= 0.6 is 0 Å². The number of rotatable bonds is 7. The predicted octanol–water partition coefficient (Wildman–Crippen LogP) is 3.66. The maximum Gasteiger partial charge on any atom is 0.118 e. The van der Waals surface area contributed by atoms with E-state index in [0.29, 0.717) is 6.61 Å². The van der Waals surface area contributed by atoms with Gasteiger partial charge in [-0.3, -0.25) is 0 Å². The van der Waals surface area contributed by atoms with Crippen molar-refractivity contribution in [3.8, 4) is 5.75 Å². The van der Waals surface area contributed by atoms with E-state index < -0.39 is 0 Å². The summed E-state index contributed by atoms with van der Waals surface area (Å²) in [5, 5.41) is 0. The quantitative estimate of drug-likeness (QED) is 0.765. The van der Waals surface area contributed by atoms with E-state index in [9.17, 15) is 0 Å². The van der Waals surface area contributed by atoms with Gasteiger partial charge in [-0.05, 0) is 42.5 Å². The van der Waals surface area contributed by atoms with Crippen LogP contribution in [-0.2, 0) is 16.1 Å². The molecule has 1 saturated carbocycles. The molecule has 0 N–H and O–H groups in total. The largest absolute Gasteiger partial charge is 0.497 e. The molecule has 0 heterocycles. The molecule has 0 spiro atoms. The van der Waals surface area contributed by atoms with Crippen molar-refractivity contribution in [1.29, 1.82) is 0 Å². The Morgan fingerprint density at radius 1 is 1.14 bits per heavy atom. The summed E-state index contributed by atoms with van der Waals surface area (Å²) in [6.45, 7) is 1.41. The zero-order chi connectivity index (χ0) is 14.5. The van der Waals surface area contributed by atoms with Crippen molar-refractivity contribution in [2.45, 2.75) is 25.6 Å². The predicted molar refractivity (Wildman–Crippen MR) is 81.8 cm³/mol. The monoisotopic (exact) mass is 285 g/mol. The van der Waals surface area contributed by atoms with E-state index in [0.717, 1.165) is 29.6 Å².